The van der Waals surface area contributed by atoms with Gasteiger partial charge in [-0.1, -0.05) is 13.8 Å². The van der Waals surface area contributed by atoms with Crippen LogP contribution in [-0.2, 0) is 14.3 Å². The summed E-state index contributed by atoms with van der Waals surface area (Å²) < 4.78 is 5.08. The van der Waals surface area contributed by atoms with Crippen LogP contribution in [-0.4, -0.2) is 25.8 Å². The molecule has 0 rings (SSSR count). The fourth-order valence-electron chi connectivity index (χ4n) is 0.518. The van der Waals surface area contributed by atoms with Crippen molar-refractivity contribution in [3.8, 4) is 0 Å². The summed E-state index contributed by atoms with van der Waals surface area (Å²) in [6.45, 7) is 4.36. The smallest absolute Gasteiger partial charge is 0.125 e. The van der Waals surface area contributed by atoms with E-state index in [2.05, 4.69) is 0 Å². The van der Waals surface area contributed by atoms with Gasteiger partial charge in [-0.25, -0.2) is 0 Å². The van der Waals surface area contributed by atoms with Gasteiger partial charge in [0.05, 0.1) is 13.2 Å². The van der Waals surface area contributed by atoms with Gasteiger partial charge in [-0.3, -0.25) is 0 Å². The molecule has 3 heteroatoms. The maximum Gasteiger partial charge on any atom is 0.125 e. The molecule has 0 amide bonds. The van der Waals surface area contributed by atoms with Crippen LogP contribution in [0, 0.1) is 11.8 Å². The summed E-state index contributed by atoms with van der Waals surface area (Å²) in [4.78, 5) is 20.2. The SMILES string of the molecule is CC(C=O)COCC(C)C=O. The molecule has 0 aromatic rings. The first-order valence-electron chi connectivity index (χ1n) is 3.69. The van der Waals surface area contributed by atoms with E-state index in [1.54, 1.807) is 13.8 Å². The molecule has 2 unspecified atom stereocenters. The van der Waals surface area contributed by atoms with Crippen molar-refractivity contribution < 1.29 is 14.3 Å². The minimum atomic E-state index is -0.0751. The Bertz CT molecular complexity index is 109. The predicted molar refractivity (Wildman–Crippen MR) is 41.3 cm³/mol. The lowest BCUT2D eigenvalue weighted by Gasteiger charge is -2.06. The van der Waals surface area contributed by atoms with Crippen LogP contribution >= 0.6 is 0 Å². The lowest BCUT2D eigenvalue weighted by molar-refractivity contribution is -0.113. The lowest BCUT2D eigenvalue weighted by atomic mass is 10.2. The third kappa shape index (κ3) is 5.73. The van der Waals surface area contributed by atoms with Gasteiger partial charge in [0.25, 0.3) is 0 Å². The summed E-state index contributed by atoms with van der Waals surface area (Å²) in [5.41, 5.74) is 0. The van der Waals surface area contributed by atoms with E-state index in [1.807, 2.05) is 0 Å². The molecule has 11 heavy (non-hydrogen) atoms. The zero-order chi connectivity index (χ0) is 8.69. The average Bonchev–Trinajstić information content (AvgIpc) is 2.04. The Labute approximate surface area is 66.7 Å². The number of ether oxygens (including phenoxy) is 1. The largest absolute Gasteiger partial charge is 0.380 e. The Morgan fingerprint density at radius 2 is 1.45 bits per heavy atom. The Kier molecular flexibility index (Phi) is 5.65. The summed E-state index contributed by atoms with van der Waals surface area (Å²) in [6.07, 6.45) is 1.68. The average molecular weight is 158 g/mol. The summed E-state index contributed by atoms with van der Waals surface area (Å²) >= 11 is 0. The number of aldehydes is 2. The zero-order valence-electron chi connectivity index (χ0n) is 6.95. The number of carbonyl (C=O) groups is 2. The zero-order valence-corrected chi connectivity index (χ0v) is 6.95. The second-order valence-electron chi connectivity index (χ2n) is 2.76. The minimum Gasteiger partial charge on any atom is -0.380 e. The molecule has 64 valence electrons. The van der Waals surface area contributed by atoms with Gasteiger partial charge in [-0.05, 0) is 0 Å². The number of hydrogen-bond acceptors (Lipinski definition) is 3. The fourth-order valence-corrected chi connectivity index (χ4v) is 0.518. The molecule has 2 atom stereocenters. The van der Waals surface area contributed by atoms with Crippen molar-refractivity contribution >= 4 is 12.6 Å². The molecule has 0 aliphatic carbocycles. The Balaban J connectivity index is 3.26. The molecular weight excluding hydrogens is 144 g/mol. The van der Waals surface area contributed by atoms with Crippen LogP contribution in [0.15, 0.2) is 0 Å². The van der Waals surface area contributed by atoms with Gasteiger partial charge in [-0.15, -0.1) is 0 Å². The first-order chi connectivity index (χ1) is 5.20. The van der Waals surface area contributed by atoms with Crippen molar-refractivity contribution in [2.45, 2.75) is 13.8 Å². The highest BCUT2D eigenvalue weighted by Gasteiger charge is 2.02. The molecule has 0 aromatic heterocycles. The van der Waals surface area contributed by atoms with Crippen molar-refractivity contribution in [2.24, 2.45) is 11.8 Å². The van der Waals surface area contributed by atoms with Crippen LogP contribution in [0.3, 0.4) is 0 Å². The molecule has 0 saturated carbocycles. The molecule has 0 bridgehead atoms. The van der Waals surface area contributed by atoms with Gasteiger partial charge in [0.1, 0.15) is 12.6 Å². The lowest BCUT2D eigenvalue weighted by Crippen LogP contribution is -2.12. The molecule has 0 radical (unpaired) electrons. The third-order valence-electron chi connectivity index (χ3n) is 1.23. The van der Waals surface area contributed by atoms with Crippen molar-refractivity contribution in [2.75, 3.05) is 13.2 Å². The maximum absolute atomic E-state index is 10.1. The molecule has 0 N–H and O–H groups in total. The highest BCUT2D eigenvalue weighted by molar-refractivity contribution is 5.53. The van der Waals surface area contributed by atoms with Gasteiger partial charge >= 0.3 is 0 Å². The van der Waals surface area contributed by atoms with Gasteiger partial charge < -0.3 is 14.3 Å². The Morgan fingerprint density at radius 3 is 1.73 bits per heavy atom. The van der Waals surface area contributed by atoms with Gasteiger partial charge in [-0.2, -0.15) is 0 Å². The van der Waals surface area contributed by atoms with Crippen LogP contribution in [0.5, 0.6) is 0 Å². The molecule has 0 aliphatic heterocycles. The number of hydrogen-bond donors (Lipinski definition) is 0. The van der Waals surface area contributed by atoms with Crippen molar-refractivity contribution in [3.63, 3.8) is 0 Å². The van der Waals surface area contributed by atoms with Crippen LogP contribution in [0.2, 0.25) is 0 Å². The van der Waals surface area contributed by atoms with E-state index in [9.17, 15) is 9.59 Å². The molecule has 0 heterocycles. The predicted octanol–water partition coefficient (Wildman–Crippen LogP) is 0.673. The van der Waals surface area contributed by atoms with Crippen LogP contribution in [0.25, 0.3) is 0 Å². The van der Waals surface area contributed by atoms with E-state index >= 15 is 0 Å². The second kappa shape index (κ2) is 6.04. The quantitative estimate of drug-likeness (QED) is 0.534. The standard InChI is InChI=1S/C8H14O3/c1-7(3-9)5-11-6-8(2)4-10/h3-4,7-8H,5-6H2,1-2H3. The van der Waals surface area contributed by atoms with E-state index in [4.69, 9.17) is 4.74 Å². The van der Waals surface area contributed by atoms with E-state index in [0.29, 0.717) is 13.2 Å². The second-order valence-corrected chi connectivity index (χ2v) is 2.76. The first kappa shape index (κ1) is 10.3. The van der Waals surface area contributed by atoms with Crippen molar-refractivity contribution in [3.05, 3.63) is 0 Å². The van der Waals surface area contributed by atoms with E-state index in [1.165, 1.54) is 0 Å². The van der Waals surface area contributed by atoms with Crippen molar-refractivity contribution in [1.29, 1.82) is 0 Å². The van der Waals surface area contributed by atoms with E-state index in [0.717, 1.165) is 12.6 Å². The van der Waals surface area contributed by atoms with Crippen LogP contribution < -0.4 is 0 Å². The molecule has 0 fully saturated rings. The van der Waals surface area contributed by atoms with Crippen LogP contribution in [0.1, 0.15) is 13.8 Å². The topological polar surface area (TPSA) is 43.4 Å². The maximum atomic E-state index is 10.1. The molecule has 0 saturated heterocycles. The highest BCUT2D eigenvalue weighted by atomic mass is 16.5. The highest BCUT2D eigenvalue weighted by Crippen LogP contribution is 1.94. The summed E-state index contributed by atoms with van der Waals surface area (Å²) in [5.74, 6) is -0.150. The van der Waals surface area contributed by atoms with Gasteiger partial charge in [0.2, 0.25) is 0 Å². The minimum absolute atomic E-state index is 0.0751. The monoisotopic (exact) mass is 158 g/mol. The third-order valence-corrected chi connectivity index (χ3v) is 1.23. The number of carbonyl (C=O) groups excluding carboxylic acids is 2. The molecule has 3 nitrogen and oxygen atoms in total. The fraction of sp³-hybridized carbons (Fsp3) is 0.750. The first-order valence-corrected chi connectivity index (χ1v) is 3.69. The van der Waals surface area contributed by atoms with E-state index < -0.39 is 0 Å². The van der Waals surface area contributed by atoms with E-state index in [-0.39, 0.29) is 11.8 Å². The van der Waals surface area contributed by atoms with Gasteiger partial charge in [0.15, 0.2) is 0 Å². The summed E-state index contributed by atoms with van der Waals surface area (Å²) in [5, 5.41) is 0. The molecule has 0 aromatic carbocycles. The summed E-state index contributed by atoms with van der Waals surface area (Å²) in [7, 11) is 0. The van der Waals surface area contributed by atoms with Crippen molar-refractivity contribution in [1.82, 2.24) is 0 Å². The molecular formula is C8H14O3. The Hall–Kier alpha value is -0.700. The van der Waals surface area contributed by atoms with Crippen LogP contribution in [0.4, 0.5) is 0 Å². The number of rotatable bonds is 6. The molecule has 0 aliphatic rings. The molecule has 0 spiro atoms. The normalized spacial score (nSPS) is 15.5. The summed E-state index contributed by atoms with van der Waals surface area (Å²) in [6, 6.07) is 0. The van der Waals surface area contributed by atoms with Gasteiger partial charge in [0, 0.05) is 11.8 Å². The Morgan fingerprint density at radius 1 is 1.09 bits per heavy atom.